The van der Waals surface area contributed by atoms with Gasteiger partial charge in [0.15, 0.2) is 0 Å². The molecule has 0 unspecified atom stereocenters. The highest BCUT2D eigenvalue weighted by molar-refractivity contribution is 6.17. The van der Waals surface area contributed by atoms with Crippen LogP contribution >= 0.6 is 0 Å². The number of rotatable bonds is 8. The standard InChI is InChI=1S/C22H26N4O8/c1-5-33-21(31)25-19(29)17(13(3)27)11-23-15-7-9-16(10-8-15)24-12-18(14(4)28)20(30)26-22(32)34-6-2/h7-12,27-28H,5-6H2,1-4H3,(H,25,29,31)(H,26,30,32). The molecule has 1 aromatic rings. The van der Waals surface area contributed by atoms with E-state index in [0.29, 0.717) is 11.4 Å². The van der Waals surface area contributed by atoms with Crippen molar-refractivity contribution in [3.05, 3.63) is 46.9 Å². The summed E-state index contributed by atoms with van der Waals surface area (Å²) >= 11 is 0. The number of ether oxygens (including phenoxy) is 2. The number of nitrogens with zero attached hydrogens (tertiary/aromatic N) is 2. The van der Waals surface area contributed by atoms with Crippen molar-refractivity contribution in [1.82, 2.24) is 10.6 Å². The summed E-state index contributed by atoms with van der Waals surface area (Å²) in [5, 5.41) is 23.3. The fourth-order valence-electron chi connectivity index (χ4n) is 2.19. The van der Waals surface area contributed by atoms with Crippen LogP contribution in [0.3, 0.4) is 0 Å². The molecule has 0 fully saturated rings. The van der Waals surface area contributed by atoms with Crippen LogP contribution < -0.4 is 10.6 Å². The number of allylic oxidation sites excluding steroid dienone is 2. The monoisotopic (exact) mass is 474 g/mol. The summed E-state index contributed by atoms with van der Waals surface area (Å²) in [5.41, 5.74) is 0.290. The summed E-state index contributed by atoms with van der Waals surface area (Å²) < 4.78 is 9.24. The molecular formula is C22H26N4O8. The molecule has 0 atom stereocenters. The zero-order chi connectivity index (χ0) is 25.7. The van der Waals surface area contributed by atoms with Crippen molar-refractivity contribution in [3.63, 3.8) is 0 Å². The molecule has 1 rings (SSSR count). The largest absolute Gasteiger partial charge is 0.512 e. The first-order chi connectivity index (χ1) is 16.1. The van der Waals surface area contributed by atoms with Crippen molar-refractivity contribution in [2.24, 2.45) is 9.98 Å². The maximum atomic E-state index is 12.1. The Labute approximate surface area is 195 Å². The van der Waals surface area contributed by atoms with Gasteiger partial charge in [0.1, 0.15) is 11.5 Å². The number of hydrogen-bond acceptors (Lipinski definition) is 10. The fraction of sp³-hybridized carbons (Fsp3) is 0.273. The van der Waals surface area contributed by atoms with E-state index in [2.05, 4.69) is 19.5 Å². The smallest absolute Gasteiger partial charge is 0.414 e. The van der Waals surface area contributed by atoms with Crippen molar-refractivity contribution in [1.29, 1.82) is 0 Å². The van der Waals surface area contributed by atoms with Crippen LogP contribution in [0.25, 0.3) is 0 Å². The zero-order valence-electron chi connectivity index (χ0n) is 19.1. The zero-order valence-corrected chi connectivity index (χ0v) is 19.1. The predicted octanol–water partition coefficient (Wildman–Crippen LogP) is 3.30. The Kier molecular flexibility index (Phi) is 11.2. The van der Waals surface area contributed by atoms with E-state index in [0.717, 1.165) is 12.4 Å². The van der Waals surface area contributed by atoms with Crippen LogP contribution in [0.1, 0.15) is 27.7 Å². The number of benzene rings is 1. The van der Waals surface area contributed by atoms with E-state index in [4.69, 9.17) is 0 Å². The van der Waals surface area contributed by atoms with Gasteiger partial charge in [0.25, 0.3) is 11.8 Å². The van der Waals surface area contributed by atoms with Gasteiger partial charge in [-0.25, -0.2) is 9.59 Å². The van der Waals surface area contributed by atoms with Crippen LogP contribution in [0, 0.1) is 0 Å². The molecule has 0 radical (unpaired) electrons. The number of alkyl carbamates (subject to hydrolysis) is 2. The number of imide groups is 2. The highest BCUT2D eigenvalue weighted by atomic mass is 16.6. The lowest BCUT2D eigenvalue weighted by molar-refractivity contribution is -0.117. The van der Waals surface area contributed by atoms with E-state index in [9.17, 15) is 29.4 Å². The van der Waals surface area contributed by atoms with Crippen molar-refractivity contribution >= 4 is 47.8 Å². The molecule has 12 nitrogen and oxygen atoms in total. The Bertz CT molecular complexity index is 948. The summed E-state index contributed by atoms with van der Waals surface area (Å²) in [5.74, 6) is -2.48. The molecule has 0 bridgehead atoms. The Morgan fingerprint density at radius 1 is 0.765 bits per heavy atom. The molecule has 0 saturated carbocycles. The van der Waals surface area contributed by atoms with Gasteiger partial charge in [-0.2, -0.15) is 0 Å². The third-order valence-electron chi connectivity index (χ3n) is 3.79. The van der Waals surface area contributed by atoms with Gasteiger partial charge in [-0.15, -0.1) is 0 Å². The number of aliphatic hydroxyl groups excluding tert-OH is 2. The maximum Gasteiger partial charge on any atom is 0.414 e. The van der Waals surface area contributed by atoms with Crippen molar-refractivity contribution in [2.75, 3.05) is 13.2 Å². The number of nitrogens with one attached hydrogen (secondary N) is 2. The average molecular weight is 474 g/mol. The molecule has 0 aliphatic carbocycles. The highest BCUT2D eigenvalue weighted by Gasteiger charge is 2.16. The molecule has 0 saturated heterocycles. The summed E-state index contributed by atoms with van der Waals surface area (Å²) in [6.45, 7) is 5.82. The molecule has 0 spiro atoms. The first kappa shape index (κ1) is 27.6. The summed E-state index contributed by atoms with van der Waals surface area (Å²) in [7, 11) is 0. The molecule has 12 heteroatoms. The summed E-state index contributed by atoms with van der Waals surface area (Å²) in [4.78, 5) is 55.1. The SMILES string of the molecule is CCOC(=O)NC(=O)C(C=Nc1ccc(N=CC(C(=O)NC(=O)OCC)=C(C)O)cc1)=C(C)O. The minimum absolute atomic E-state index is 0.0738. The third-order valence-corrected chi connectivity index (χ3v) is 3.79. The van der Waals surface area contributed by atoms with Gasteiger partial charge in [-0.1, -0.05) is 0 Å². The van der Waals surface area contributed by atoms with Gasteiger partial charge in [0.05, 0.1) is 35.7 Å². The summed E-state index contributed by atoms with van der Waals surface area (Å²) in [6.07, 6.45) is 0.254. The summed E-state index contributed by atoms with van der Waals surface area (Å²) in [6, 6.07) is 6.13. The topological polar surface area (TPSA) is 176 Å². The Morgan fingerprint density at radius 3 is 1.35 bits per heavy atom. The molecule has 0 heterocycles. The molecule has 34 heavy (non-hydrogen) atoms. The van der Waals surface area contributed by atoms with E-state index in [1.54, 1.807) is 13.8 Å². The van der Waals surface area contributed by atoms with Crippen molar-refractivity contribution < 1.29 is 38.9 Å². The Balaban J connectivity index is 2.93. The van der Waals surface area contributed by atoms with E-state index in [1.165, 1.54) is 38.1 Å². The number of aliphatic hydroxyl groups is 2. The minimum Gasteiger partial charge on any atom is -0.512 e. The molecule has 182 valence electrons. The van der Waals surface area contributed by atoms with Crippen LogP contribution in [-0.2, 0) is 19.1 Å². The van der Waals surface area contributed by atoms with Gasteiger partial charge in [0.2, 0.25) is 0 Å². The highest BCUT2D eigenvalue weighted by Crippen LogP contribution is 2.19. The first-order valence-electron chi connectivity index (χ1n) is 10.0. The Morgan fingerprint density at radius 2 is 1.09 bits per heavy atom. The number of carbonyl (C=O) groups excluding carboxylic acids is 4. The van der Waals surface area contributed by atoms with Gasteiger partial charge < -0.3 is 19.7 Å². The second-order valence-electron chi connectivity index (χ2n) is 6.38. The number of amides is 4. The molecule has 1 aromatic carbocycles. The molecule has 4 amide bonds. The van der Waals surface area contributed by atoms with Crippen LogP contribution in [0.2, 0.25) is 0 Å². The molecule has 0 aromatic heterocycles. The normalized spacial score (nSPS) is 12.6. The van der Waals surface area contributed by atoms with Gasteiger partial charge >= 0.3 is 12.2 Å². The lowest BCUT2D eigenvalue weighted by Gasteiger charge is -2.06. The van der Waals surface area contributed by atoms with Gasteiger partial charge in [0, 0.05) is 12.4 Å². The number of hydrogen-bond donors (Lipinski definition) is 4. The minimum atomic E-state index is -0.954. The quantitative estimate of drug-likeness (QED) is 0.252. The third kappa shape index (κ3) is 9.34. The van der Waals surface area contributed by atoms with Crippen molar-refractivity contribution in [2.45, 2.75) is 27.7 Å². The molecule has 0 aliphatic heterocycles. The van der Waals surface area contributed by atoms with Crippen LogP contribution in [0.4, 0.5) is 21.0 Å². The predicted molar refractivity (Wildman–Crippen MR) is 124 cm³/mol. The van der Waals surface area contributed by atoms with E-state index >= 15 is 0 Å². The second-order valence-corrected chi connectivity index (χ2v) is 6.38. The number of aliphatic imine (C=N–C) groups is 2. The van der Waals surface area contributed by atoms with E-state index in [-0.39, 0.29) is 35.9 Å². The number of carbonyl (C=O) groups is 4. The Hall–Kier alpha value is -4.48. The lowest BCUT2D eigenvalue weighted by atomic mass is 10.2. The molecule has 0 aliphatic rings. The van der Waals surface area contributed by atoms with Crippen molar-refractivity contribution in [3.8, 4) is 0 Å². The first-order valence-corrected chi connectivity index (χ1v) is 10.0. The van der Waals surface area contributed by atoms with E-state index in [1.807, 2.05) is 10.6 Å². The van der Waals surface area contributed by atoms with Gasteiger partial charge in [-0.3, -0.25) is 30.2 Å². The van der Waals surface area contributed by atoms with Crippen LogP contribution in [0.5, 0.6) is 0 Å². The van der Waals surface area contributed by atoms with Crippen LogP contribution in [0.15, 0.2) is 56.9 Å². The van der Waals surface area contributed by atoms with Crippen LogP contribution in [-0.4, -0.2) is 59.9 Å². The van der Waals surface area contributed by atoms with Gasteiger partial charge in [-0.05, 0) is 52.0 Å². The van der Waals surface area contributed by atoms with E-state index < -0.39 is 24.0 Å². The maximum absolute atomic E-state index is 12.1. The molecule has 4 N–H and O–H groups in total. The molecular weight excluding hydrogens is 448 g/mol. The fourth-order valence-corrected chi connectivity index (χ4v) is 2.19. The average Bonchev–Trinajstić information content (AvgIpc) is 2.74. The second kappa shape index (κ2) is 13.8. The lowest BCUT2D eigenvalue weighted by Crippen LogP contribution is -2.33.